The molecule has 1 unspecified atom stereocenters. The molecule has 1 atom stereocenters. The molecule has 1 aromatic heterocycles. The maximum Gasteiger partial charge on any atom is 0.224 e. The molecule has 1 aliphatic rings. The van der Waals surface area contributed by atoms with E-state index in [0.29, 0.717) is 12.0 Å². The van der Waals surface area contributed by atoms with Crippen molar-refractivity contribution in [1.82, 2.24) is 15.1 Å². The lowest BCUT2D eigenvalue weighted by Crippen LogP contribution is -2.39. The summed E-state index contributed by atoms with van der Waals surface area (Å²) in [5.41, 5.74) is 3.41. The first-order valence-corrected chi connectivity index (χ1v) is 8.53. The quantitative estimate of drug-likeness (QED) is 0.881. The molecule has 2 N–H and O–H groups in total. The van der Waals surface area contributed by atoms with Crippen molar-refractivity contribution in [1.29, 1.82) is 0 Å². The number of benzene rings is 1. The van der Waals surface area contributed by atoms with E-state index in [2.05, 4.69) is 22.5 Å². The standard InChI is InChI=1S/C19H25N3O2/c1-19(24,17-11-21-22(2)12-17)13-20-18(23)10-14-7-8-15-5-3-4-6-16(15)9-14/h7-9,11-12,24H,3-6,10,13H2,1-2H3,(H,20,23). The number of carbonyl (C=O) groups is 1. The van der Waals surface area contributed by atoms with Gasteiger partial charge in [-0.1, -0.05) is 18.2 Å². The van der Waals surface area contributed by atoms with E-state index in [0.717, 1.165) is 18.4 Å². The Morgan fingerprint density at radius 2 is 2.08 bits per heavy atom. The number of carbonyl (C=O) groups excluding carboxylic acids is 1. The summed E-state index contributed by atoms with van der Waals surface area (Å²) in [5.74, 6) is -0.0741. The van der Waals surface area contributed by atoms with Crippen molar-refractivity contribution < 1.29 is 9.90 Å². The highest BCUT2D eigenvalue weighted by Crippen LogP contribution is 2.22. The van der Waals surface area contributed by atoms with Gasteiger partial charge < -0.3 is 10.4 Å². The Morgan fingerprint density at radius 1 is 1.33 bits per heavy atom. The number of aryl methyl sites for hydroxylation is 3. The van der Waals surface area contributed by atoms with E-state index < -0.39 is 5.60 Å². The van der Waals surface area contributed by atoms with Gasteiger partial charge in [0.2, 0.25) is 5.91 Å². The van der Waals surface area contributed by atoms with E-state index in [1.165, 1.54) is 24.0 Å². The fraction of sp³-hybridized carbons (Fsp3) is 0.474. The van der Waals surface area contributed by atoms with Gasteiger partial charge >= 0.3 is 0 Å². The van der Waals surface area contributed by atoms with Gasteiger partial charge in [0, 0.05) is 18.8 Å². The molecule has 3 rings (SSSR count). The summed E-state index contributed by atoms with van der Waals surface area (Å²) in [6, 6.07) is 6.36. The first-order valence-electron chi connectivity index (χ1n) is 8.53. The molecule has 0 bridgehead atoms. The average molecular weight is 327 g/mol. The third-order valence-electron chi connectivity index (χ3n) is 4.73. The molecule has 1 aromatic carbocycles. The molecular weight excluding hydrogens is 302 g/mol. The second-order valence-electron chi connectivity index (χ2n) is 6.94. The smallest absolute Gasteiger partial charge is 0.224 e. The van der Waals surface area contributed by atoms with Crippen molar-refractivity contribution in [2.45, 2.75) is 44.6 Å². The molecule has 5 heteroatoms. The first kappa shape index (κ1) is 16.7. The highest BCUT2D eigenvalue weighted by Gasteiger charge is 2.25. The van der Waals surface area contributed by atoms with Crippen LogP contribution < -0.4 is 5.32 Å². The summed E-state index contributed by atoms with van der Waals surface area (Å²) in [7, 11) is 1.80. The van der Waals surface area contributed by atoms with Gasteiger partial charge in [-0.25, -0.2) is 0 Å². The van der Waals surface area contributed by atoms with Crippen molar-refractivity contribution >= 4 is 5.91 Å². The van der Waals surface area contributed by atoms with Crippen LogP contribution in [0.3, 0.4) is 0 Å². The number of hydrogen-bond donors (Lipinski definition) is 2. The fourth-order valence-electron chi connectivity index (χ4n) is 3.22. The van der Waals surface area contributed by atoms with Gasteiger partial charge in [0.25, 0.3) is 0 Å². The molecule has 1 aliphatic carbocycles. The second kappa shape index (κ2) is 6.77. The minimum atomic E-state index is -1.13. The number of rotatable bonds is 5. The van der Waals surface area contributed by atoms with E-state index in [1.807, 2.05) is 6.07 Å². The van der Waals surface area contributed by atoms with Crippen LogP contribution in [-0.4, -0.2) is 27.3 Å². The zero-order valence-electron chi connectivity index (χ0n) is 14.4. The number of aliphatic hydroxyl groups is 1. The summed E-state index contributed by atoms with van der Waals surface area (Å²) < 4.78 is 1.64. The average Bonchev–Trinajstić information content (AvgIpc) is 3.00. The summed E-state index contributed by atoms with van der Waals surface area (Å²) in [6.45, 7) is 1.85. The third kappa shape index (κ3) is 3.85. The maximum atomic E-state index is 12.2. The van der Waals surface area contributed by atoms with Crippen LogP contribution in [0.5, 0.6) is 0 Å². The van der Waals surface area contributed by atoms with Gasteiger partial charge in [0.1, 0.15) is 5.60 Å². The van der Waals surface area contributed by atoms with Crippen molar-refractivity contribution in [3.05, 3.63) is 52.8 Å². The predicted octanol–water partition coefficient (Wildman–Crippen LogP) is 1.87. The van der Waals surface area contributed by atoms with Crippen molar-refractivity contribution in [3.8, 4) is 0 Å². The SMILES string of the molecule is Cn1cc(C(C)(O)CNC(=O)Cc2ccc3c(c2)CCCC3)cn1. The van der Waals surface area contributed by atoms with Gasteiger partial charge in [-0.2, -0.15) is 5.10 Å². The minimum absolute atomic E-state index is 0.0741. The van der Waals surface area contributed by atoms with Gasteiger partial charge in [-0.05, 0) is 49.3 Å². The molecule has 0 radical (unpaired) electrons. The van der Waals surface area contributed by atoms with E-state index in [1.54, 1.807) is 31.0 Å². The Morgan fingerprint density at radius 3 is 2.79 bits per heavy atom. The Labute approximate surface area is 142 Å². The molecule has 0 saturated heterocycles. The molecular formula is C19H25N3O2. The summed E-state index contributed by atoms with van der Waals surface area (Å²) in [5, 5.41) is 17.4. The molecule has 5 nitrogen and oxygen atoms in total. The monoisotopic (exact) mass is 327 g/mol. The van der Waals surface area contributed by atoms with Crippen LogP contribution >= 0.6 is 0 Å². The van der Waals surface area contributed by atoms with Crippen molar-refractivity contribution in [2.75, 3.05) is 6.54 Å². The maximum absolute atomic E-state index is 12.2. The lowest BCUT2D eigenvalue weighted by molar-refractivity contribution is -0.121. The molecule has 0 saturated carbocycles. The van der Waals surface area contributed by atoms with Crippen LogP contribution in [0.2, 0.25) is 0 Å². The normalized spacial score (nSPS) is 16.3. The Hall–Kier alpha value is -2.14. The van der Waals surface area contributed by atoms with Crippen LogP contribution in [0.25, 0.3) is 0 Å². The van der Waals surface area contributed by atoms with Gasteiger partial charge in [0.05, 0.1) is 19.2 Å². The molecule has 24 heavy (non-hydrogen) atoms. The second-order valence-corrected chi connectivity index (χ2v) is 6.94. The third-order valence-corrected chi connectivity index (χ3v) is 4.73. The number of nitrogens with one attached hydrogen (secondary N) is 1. The zero-order chi connectivity index (χ0) is 17.2. The Kier molecular flexibility index (Phi) is 4.71. The van der Waals surface area contributed by atoms with Crippen molar-refractivity contribution in [2.24, 2.45) is 7.05 Å². The fourth-order valence-corrected chi connectivity index (χ4v) is 3.22. The topological polar surface area (TPSA) is 67.2 Å². The molecule has 0 fully saturated rings. The number of amides is 1. The molecule has 0 aliphatic heterocycles. The van der Waals surface area contributed by atoms with Gasteiger partial charge in [0.15, 0.2) is 0 Å². The number of aromatic nitrogens is 2. The Balaban J connectivity index is 1.57. The minimum Gasteiger partial charge on any atom is -0.383 e. The highest BCUT2D eigenvalue weighted by molar-refractivity contribution is 5.78. The van der Waals surface area contributed by atoms with E-state index >= 15 is 0 Å². The summed E-state index contributed by atoms with van der Waals surface area (Å²) in [4.78, 5) is 12.2. The first-order chi connectivity index (χ1) is 11.4. The summed E-state index contributed by atoms with van der Waals surface area (Å²) >= 11 is 0. The van der Waals surface area contributed by atoms with E-state index in [9.17, 15) is 9.90 Å². The van der Waals surface area contributed by atoms with Crippen LogP contribution in [-0.2, 0) is 36.7 Å². The van der Waals surface area contributed by atoms with Crippen molar-refractivity contribution in [3.63, 3.8) is 0 Å². The molecule has 1 heterocycles. The molecule has 0 spiro atoms. The lowest BCUT2D eigenvalue weighted by Gasteiger charge is -2.22. The number of hydrogen-bond acceptors (Lipinski definition) is 3. The molecule has 2 aromatic rings. The van der Waals surface area contributed by atoms with Gasteiger partial charge in [-0.3, -0.25) is 9.48 Å². The number of nitrogens with zero attached hydrogens (tertiary/aromatic N) is 2. The van der Waals surface area contributed by atoms with Crippen LogP contribution in [0.1, 0.15) is 42.0 Å². The molecule has 1 amide bonds. The van der Waals surface area contributed by atoms with Crippen LogP contribution in [0, 0.1) is 0 Å². The zero-order valence-corrected chi connectivity index (χ0v) is 14.4. The Bertz CT molecular complexity index is 734. The van der Waals surface area contributed by atoms with Crippen LogP contribution in [0.4, 0.5) is 0 Å². The largest absolute Gasteiger partial charge is 0.383 e. The number of fused-ring (bicyclic) bond motifs is 1. The lowest BCUT2D eigenvalue weighted by atomic mass is 9.90. The van der Waals surface area contributed by atoms with E-state index in [-0.39, 0.29) is 12.5 Å². The van der Waals surface area contributed by atoms with Gasteiger partial charge in [-0.15, -0.1) is 0 Å². The predicted molar refractivity (Wildman–Crippen MR) is 92.6 cm³/mol. The summed E-state index contributed by atoms with van der Waals surface area (Å²) in [6.07, 6.45) is 8.48. The van der Waals surface area contributed by atoms with Crippen LogP contribution in [0.15, 0.2) is 30.6 Å². The highest BCUT2D eigenvalue weighted by atomic mass is 16.3. The van der Waals surface area contributed by atoms with E-state index in [4.69, 9.17) is 0 Å². The molecule has 128 valence electrons.